The molecule has 2 aromatic rings. The SMILES string of the molecule is NC(=NCCCN1C(=O)COc2ccccc21)N1CCN(c2ccc(Cl)cc2)CC1. The number of carbonyl (C=O) groups is 1. The third-order valence-electron chi connectivity index (χ3n) is 5.42. The highest BCUT2D eigenvalue weighted by molar-refractivity contribution is 6.30. The Morgan fingerprint density at radius 2 is 1.80 bits per heavy atom. The number of hydrogen-bond acceptors (Lipinski definition) is 4. The van der Waals surface area contributed by atoms with Gasteiger partial charge in [-0.15, -0.1) is 0 Å². The highest BCUT2D eigenvalue weighted by atomic mass is 35.5. The van der Waals surface area contributed by atoms with E-state index in [1.807, 2.05) is 48.5 Å². The summed E-state index contributed by atoms with van der Waals surface area (Å²) in [5.74, 6) is 1.29. The summed E-state index contributed by atoms with van der Waals surface area (Å²) in [6.07, 6.45) is 0.742. The summed E-state index contributed by atoms with van der Waals surface area (Å²) < 4.78 is 5.48. The molecule has 1 saturated heterocycles. The van der Waals surface area contributed by atoms with E-state index in [0.717, 1.165) is 49.1 Å². The molecule has 2 aromatic carbocycles. The fourth-order valence-corrected chi connectivity index (χ4v) is 3.89. The van der Waals surface area contributed by atoms with Crippen LogP contribution in [-0.2, 0) is 4.79 Å². The number of aliphatic imine (C=N–C) groups is 1. The maximum Gasteiger partial charge on any atom is 0.265 e. The highest BCUT2D eigenvalue weighted by Crippen LogP contribution is 2.31. The molecule has 1 amide bonds. The van der Waals surface area contributed by atoms with Gasteiger partial charge in [0.25, 0.3) is 5.91 Å². The Bertz CT molecular complexity index is 910. The first-order valence-corrected chi connectivity index (χ1v) is 10.6. The van der Waals surface area contributed by atoms with Crippen molar-refractivity contribution in [1.82, 2.24) is 4.90 Å². The summed E-state index contributed by atoms with van der Waals surface area (Å²) in [7, 11) is 0. The van der Waals surface area contributed by atoms with Crippen molar-refractivity contribution in [2.75, 3.05) is 55.7 Å². The third-order valence-corrected chi connectivity index (χ3v) is 5.67. The first-order valence-electron chi connectivity index (χ1n) is 10.2. The van der Waals surface area contributed by atoms with Gasteiger partial charge in [-0.25, -0.2) is 0 Å². The molecule has 0 saturated carbocycles. The Hall–Kier alpha value is -2.93. The molecule has 0 spiro atoms. The molecule has 0 radical (unpaired) electrons. The largest absolute Gasteiger partial charge is 0.482 e. The number of nitrogens with two attached hydrogens (primary N) is 1. The number of para-hydroxylation sites is 2. The summed E-state index contributed by atoms with van der Waals surface area (Å²) in [6.45, 7) is 4.69. The smallest absolute Gasteiger partial charge is 0.265 e. The Morgan fingerprint density at radius 3 is 2.57 bits per heavy atom. The van der Waals surface area contributed by atoms with Gasteiger partial charge >= 0.3 is 0 Å². The lowest BCUT2D eigenvalue weighted by Crippen LogP contribution is -2.51. The minimum Gasteiger partial charge on any atom is -0.482 e. The molecular formula is C22H26ClN5O2. The van der Waals surface area contributed by atoms with Gasteiger partial charge < -0.3 is 25.2 Å². The number of hydrogen-bond donors (Lipinski definition) is 1. The minimum absolute atomic E-state index is 0.0241. The molecule has 8 heteroatoms. The number of benzene rings is 2. The van der Waals surface area contributed by atoms with Gasteiger partial charge in [-0.05, 0) is 42.8 Å². The second-order valence-corrected chi connectivity index (χ2v) is 7.78. The van der Waals surface area contributed by atoms with E-state index in [0.29, 0.717) is 19.0 Å². The zero-order valence-electron chi connectivity index (χ0n) is 16.8. The second-order valence-electron chi connectivity index (χ2n) is 7.35. The number of carbonyl (C=O) groups excluding carboxylic acids is 1. The maximum atomic E-state index is 12.2. The summed E-state index contributed by atoms with van der Waals surface area (Å²) in [5, 5.41) is 0.746. The summed E-state index contributed by atoms with van der Waals surface area (Å²) in [5.41, 5.74) is 8.21. The predicted octanol–water partition coefficient (Wildman–Crippen LogP) is 2.59. The van der Waals surface area contributed by atoms with Crippen LogP contribution in [0.2, 0.25) is 5.02 Å². The average Bonchev–Trinajstić information content (AvgIpc) is 2.78. The molecule has 2 N–H and O–H groups in total. The molecule has 0 aromatic heterocycles. The van der Waals surface area contributed by atoms with Crippen LogP contribution in [-0.4, -0.2) is 62.6 Å². The van der Waals surface area contributed by atoms with Crippen LogP contribution >= 0.6 is 11.6 Å². The first-order chi connectivity index (χ1) is 14.6. The van der Waals surface area contributed by atoms with E-state index < -0.39 is 0 Å². The summed E-state index contributed by atoms with van der Waals surface area (Å²) >= 11 is 5.97. The third kappa shape index (κ3) is 4.62. The van der Waals surface area contributed by atoms with Crippen molar-refractivity contribution in [3.8, 4) is 5.75 Å². The van der Waals surface area contributed by atoms with Gasteiger partial charge in [0, 0.05) is 50.0 Å². The minimum atomic E-state index is -0.0241. The number of anilines is 2. The Labute approximate surface area is 181 Å². The molecule has 30 heavy (non-hydrogen) atoms. The zero-order valence-corrected chi connectivity index (χ0v) is 17.6. The van der Waals surface area contributed by atoms with E-state index in [2.05, 4.69) is 14.8 Å². The first kappa shape index (κ1) is 20.3. The number of fused-ring (bicyclic) bond motifs is 1. The van der Waals surface area contributed by atoms with E-state index in [-0.39, 0.29) is 12.5 Å². The predicted molar refractivity (Wildman–Crippen MR) is 121 cm³/mol. The van der Waals surface area contributed by atoms with Crippen molar-refractivity contribution in [2.45, 2.75) is 6.42 Å². The second kappa shape index (κ2) is 9.26. The number of amides is 1. The molecule has 0 unspecified atom stereocenters. The number of piperazine rings is 1. The van der Waals surface area contributed by atoms with E-state index >= 15 is 0 Å². The van der Waals surface area contributed by atoms with E-state index in [9.17, 15) is 4.79 Å². The lowest BCUT2D eigenvalue weighted by atomic mass is 10.2. The maximum absolute atomic E-state index is 12.2. The van der Waals surface area contributed by atoms with Gasteiger partial charge in [-0.1, -0.05) is 23.7 Å². The fraction of sp³-hybridized carbons (Fsp3) is 0.364. The molecule has 7 nitrogen and oxygen atoms in total. The van der Waals surface area contributed by atoms with Crippen LogP contribution in [0, 0.1) is 0 Å². The average molecular weight is 428 g/mol. The van der Waals surface area contributed by atoms with Crippen LogP contribution in [0.4, 0.5) is 11.4 Å². The van der Waals surface area contributed by atoms with Gasteiger partial charge in [0.2, 0.25) is 0 Å². The van der Waals surface area contributed by atoms with Gasteiger partial charge in [-0.3, -0.25) is 9.79 Å². The van der Waals surface area contributed by atoms with Crippen molar-refractivity contribution in [2.24, 2.45) is 10.7 Å². The van der Waals surface area contributed by atoms with E-state index in [1.165, 1.54) is 5.69 Å². The quantitative estimate of drug-likeness (QED) is 0.451. The van der Waals surface area contributed by atoms with Crippen molar-refractivity contribution in [1.29, 1.82) is 0 Å². The standard InChI is InChI=1S/C22H26ClN5O2/c23-17-6-8-18(9-7-17)26-12-14-27(15-13-26)22(24)25-10-3-11-28-19-4-1-2-5-20(19)30-16-21(28)29/h1-2,4-9H,3,10-16H2,(H2,24,25). The van der Waals surface area contributed by atoms with Crippen molar-refractivity contribution in [3.05, 3.63) is 53.6 Å². The monoisotopic (exact) mass is 427 g/mol. The molecule has 2 heterocycles. The number of rotatable bonds is 5. The molecule has 2 aliphatic heterocycles. The van der Waals surface area contributed by atoms with Crippen LogP contribution in [0.1, 0.15) is 6.42 Å². The Kier molecular flexibility index (Phi) is 6.28. The number of nitrogens with zero attached hydrogens (tertiary/aromatic N) is 4. The number of ether oxygens (including phenoxy) is 1. The van der Waals surface area contributed by atoms with Crippen LogP contribution < -0.4 is 20.3 Å². The molecule has 0 atom stereocenters. The van der Waals surface area contributed by atoms with E-state index in [1.54, 1.807) is 4.90 Å². The molecular weight excluding hydrogens is 402 g/mol. The van der Waals surface area contributed by atoms with Crippen LogP contribution in [0.25, 0.3) is 0 Å². The molecule has 158 valence electrons. The highest BCUT2D eigenvalue weighted by Gasteiger charge is 2.24. The van der Waals surface area contributed by atoms with Gasteiger partial charge in [-0.2, -0.15) is 0 Å². The summed E-state index contributed by atoms with van der Waals surface area (Å²) in [4.78, 5) is 23.0. The molecule has 0 aliphatic carbocycles. The lowest BCUT2D eigenvalue weighted by Gasteiger charge is -2.36. The Balaban J connectivity index is 1.25. The normalized spacial score (nSPS) is 17.0. The fourth-order valence-electron chi connectivity index (χ4n) is 3.77. The van der Waals surface area contributed by atoms with Gasteiger partial charge in [0.05, 0.1) is 5.69 Å². The molecule has 4 rings (SSSR count). The van der Waals surface area contributed by atoms with Crippen molar-refractivity contribution < 1.29 is 9.53 Å². The van der Waals surface area contributed by atoms with Crippen LogP contribution in [0.3, 0.4) is 0 Å². The van der Waals surface area contributed by atoms with Crippen LogP contribution in [0.5, 0.6) is 5.75 Å². The molecule has 1 fully saturated rings. The zero-order chi connectivity index (χ0) is 20.9. The molecule has 2 aliphatic rings. The topological polar surface area (TPSA) is 74.4 Å². The van der Waals surface area contributed by atoms with Gasteiger partial charge in [0.1, 0.15) is 5.75 Å². The lowest BCUT2D eigenvalue weighted by molar-refractivity contribution is -0.121. The van der Waals surface area contributed by atoms with Crippen molar-refractivity contribution >= 4 is 34.8 Å². The number of guanidine groups is 1. The van der Waals surface area contributed by atoms with Crippen molar-refractivity contribution in [3.63, 3.8) is 0 Å². The van der Waals surface area contributed by atoms with Crippen LogP contribution in [0.15, 0.2) is 53.5 Å². The number of halogens is 1. The molecule has 0 bridgehead atoms. The van der Waals surface area contributed by atoms with E-state index in [4.69, 9.17) is 22.1 Å². The summed E-state index contributed by atoms with van der Waals surface area (Å²) in [6, 6.07) is 15.5. The Morgan fingerprint density at radius 1 is 1.07 bits per heavy atom. The van der Waals surface area contributed by atoms with Gasteiger partial charge in [0.15, 0.2) is 12.6 Å².